The van der Waals surface area contributed by atoms with Crippen LogP contribution in [0.5, 0.6) is 5.75 Å². The van der Waals surface area contributed by atoms with Crippen molar-refractivity contribution >= 4 is 5.78 Å². The Morgan fingerprint density at radius 1 is 1.10 bits per heavy atom. The highest BCUT2D eigenvalue weighted by molar-refractivity contribution is 5.94. The molecule has 3 nitrogen and oxygen atoms in total. The van der Waals surface area contributed by atoms with Gasteiger partial charge in [0.15, 0.2) is 0 Å². The van der Waals surface area contributed by atoms with E-state index in [1.165, 1.54) is 6.42 Å². The fourth-order valence-corrected chi connectivity index (χ4v) is 5.05. The molecule has 0 radical (unpaired) electrons. The maximum Gasteiger partial charge on any atom is 0.292 e. The lowest BCUT2D eigenvalue weighted by molar-refractivity contribution is -0.143. The predicted octanol–water partition coefficient (Wildman–Crippen LogP) is 3.19. The Labute approximate surface area is 118 Å². The highest BCUT2D eigenvalue weighted by Gasteiger charge is 2.57. The van der Waals surface area contributed by atoms with Crippen molar-refractivity contribution in [2.24, 2.45) is 17.8 Å². The molecule has 0 saturated heterocycles. The van der Waals surface area contributed by atoms with Gasteiger partial charge in [-0.1, -0.05) is 12.1 Å². The molecule has 3 heteroatoms. The fraction of sp³-hybridized carbons (Fsp3) is 0.529. The minimum atomic E-state index is -0.236. The number of ether oxygens (including phenoxy) is 1. The van der Waals surface area contributed by atoms with E-state index in [2.05, 4.69) is 0 Å². The zero-order chi connectivity index (χ0) is 13.7. The number of hydrogen-bond donors (Lipinski definition) is 0. The molecule has 0 aromatic heterocycles. The van der Waals surface area contributed by atoms with Crippen molar-refractivity contribution in [1.82, 2.24) is 0 Å². The Morgan fingerprint density at radius 3 is 2.35 bits per heavy atom. The molecule has 4 aliphatic rings. The molecule has 20 heavy (non-hydrogen) atoms. The topological polar surface area (TPSA) is 50.1 Å². The number of Topliss-reactive ketones (excluding diaryl/α,β-unsaturated/α-hetero) is 1. The summed E-state index contributed by atoms with van der Waals surface area (Å²) >= 11 is 0. The summed E-state index contributed by atoms with van der Waals surface area (Å²) in [6, 6.07) is 7.59. The lowest BCUT2D eigenvalue weighted by atomic mass is 9.47. The molecule has 4 saturated carbocycles. The van der Waals surface area contributed by atoms with Crippen LogP contribution >= 0.6 is 0 Å². The first-order valence-electron chi connectivity index (χ1n) is 7.42. The summed E-state index contributed by atoms with van der Waals surface area (Å²) in [4.78, 5) is 12.8. The predicted molar refractivity (Wildman–Crippen MR) is 72.9 cm³/mol. The zero-order valence-electron chi connectivity index (χ0n) is 11.3. The van der Waals surface area contributed by atoms with Gasteiger partial charge in [0.25, 0.3) is 6.26 Å². The van der Waals surface area contributed by atoms with Crippen LogP contribution in [0.1, 0.15) is 37.7 Å². The van der Waals surface area contributed by atoms with Crippen molar-refractivity contribution in [2.45, 2.75) is 37.5 Å². The molecular formula is C17H17NO2. The summed E-state index contributed by atoms with van der Waals surface area (Å²) in [5.74, 6) is 2.80. The van der Waals surface area contributed by atoms with Gasteiger partial charge in [-0.2, -0.15) is 0 Å². The normalized spacial score (nSPS) is 37.8. The van der Waals surface area contributed by atoms with Gasteiger partial charge in [0, 0.05) is 5.92 Å². The molecular weight excluding hydrogens is 250 g/mol. The van der Waals surface area contributed by atoms with Gasteiger partial charge in [0.2, 0.25) is 0 Å². The molecule has 0 spiro atoms. The third-order valence-electron chi connectivity index (χ3n) is 5.59. The van der Waals surface area contributed by atoms with Crippen LogP contribution in [0.25, 0.3) is 0 Å². The molecule has 1 aromatic rings. The molecule has 2 atom stereocenters. The second-order valence-electron chi connectivity index (χ2n) is 6.71. The molecule has 102 valence electrons. The molecule has 4 aliphatic carbocycles. The smallest absolute Gasteiger partial charge is 0.292 e. The third-order valence-corrected chi connectivity index (χ3v) is 5.59. The minimum Gasteiger partial charge on any atom is -0.388 e. The van der Waals surface area contributed by atoms with Crippen LogP contribution in [0.15, 0.2) is 24.3 Å². The Bertz CT molecular complexity index is 584. The summed E-state index contributed by atoms with van der Waals surface area (Å²) in [6.07, 6.45) is 7.29. The molecule has 0 heterocycles. The van der Waals surface area contributed by atoms with Gasteiger partial charge in [-0.05, 0) is 61.6 Å². The monoisotopic (exact) mass is 267 g/mol. The Kier molecular flexibility index (Phi) is 2.44. The van der Waals surface area contributed by atoms with E-state index < -0.39 is 0 Å². The van der Waals surface area contributed by atoms with Gasteiger partial charge in [0.1, 0.15) is 11.5 Å². The number of nitrogens with zero attached hydrogens (tertiary/aromatic N) is 1. The van der Waals surface area contributed by atoms with Crippen LogP contribution in [0.2, 0.25) is 0 Å². The first kappa shape index (κ1) is 12.0. The van der Waals surface area contributed by atoms with Crippen LogP contribution in [0.3, 0.4) is 0 Å². The van der Waals surface area contributed by atoms with Gasteiger partial charge in [-0.15, -0.1) is 5.26 Å². The Hall–Kier alpha value is -1.82. The first-order chi connectivity index (χ1) is 9.71. The van der Waals surface area contributed by atoms with Crippen molar-refractivity contribution in [3.63, 3.8) is 0 Å². The average Bonchev–Trinajstić information content (AvgIpc) is 2.45. The number of benzene rings is 1. The second-order valence-corrected chi connectivity index (χ2v) is 6.71. The number of carbonyl (C=O) groups excluding carboxylic acids is 1. The number of nitriles is 1. The van der Waals surface area contributed by atoms with Crippen LogP contribution < -0.4 is 4.74 Å². The van der Waals surface area contributed by atoms with Crippen LogP contribution in [-0.4, -0.2) is 5.78 Å². The molecule has 0 N–H and O–H groups in total. The first-order valence-corrected chi connectivity index (χ1v) is 7.42. The lowest BCUT2D eigenvalue weighted by Gasteiger charge is -2.55. The molecule has 4 bridgehead atoms. The van der Waals surface area contributed by atoms with E-state index in [0.717, 1.165) is 43.1 Å². The van der Waals surface area contributed by atoms with Crippen molar-refractivity contribution in [3.05, 3.63) is 29.8 Å². The summed E-state index contributed by atoms with van der Waals surface area (Å²) in [5, 5.41) is 8.53. The van der Waals surface area contributed by atoms with E-state index >= 15 is 0 Å². The van der Waals surface area contributed by atoms with Gasteiger partial charge in [-0.3, -0.25) is 4.79 Å². The number of carbonyl (C=O) groups is 1. The highest BCUT2D eigenvalue weighted by atomic mass is 16.5. The molecule has 1 aromatic carbocycles. The van der Waals surface area contributed by atoms with E-state index in [-0.39, 0.29) is 5.41 Å². The Morgan fingerprint density at radius 2 is 1.75 bits per heavy atom. The molecule has 4 fully saturated rings. The number of hydrogen-bond acceptors (Lipinski definition) is 3. The largest absolute Gasteiger partial charge is 0.388 e. The van der Waals surface area contributed by atoms with Crippen molar-refractivity contribution in [3.8, 4) is 12.0 Å². The zero-order valence-corrected chi connectivity index (χ0v) is 11.3. The van der Waals surface area contributed by atoms with Crippen LogP contribution in [0, 0.1) is 29.3 Å². The van der Waals surface area contributed by atoms with Gasteiger partial charge < -0.3 is 4.74 Å². The Balaban J connectivity index is 1.73. The summed E-state index contributed by atoms with van der Waals surface area (Å²) in [5.41, 5.74) is 0.895. The van der Waals surface area contributed by atoms with Gasteiger partial charge in [-0.25, -0.2) is 0 Å². The highest BCUT2D eigenvalue weighted by Crippen LogP contribution is 2.58. The second kappa shape index (κ2) is 4.09. The van der Waals surface area contributed by atoms with E-state index in [9.17, 15) is 4.79 Å². The summed E-state index contributed by atoms with van der Waals surface area (Å²) in [6.45, 7) is 0. The van der Waals surface area contributed by atoms with Crippen molar-refractivity contribution < 1.29 is 9.53 Å². The van der Waals surface area contributed by atoms with E-state index in [1.807, 2.05) is 24.3 Å². The number of rotatable bonds is 2. The van der Waals surface area contributed by atoms with E-state index in [4.69, 9.17) is 10.00 Å². The average molecular weight is 267 g/mol. The molecule has 0 aliphatic heterocycles. The van der Waals surface area contributed by atoms with Gasteiger partial charge in [0.05, 0.1) is 5.41 Å². The summed E-state index contributed by atoms with van der Waals surface area (Å²) < 4.78 is 4.83. The third kappa shape index (κ3) is 1.54. The SMILES string of the molecule is N#COc1ccc(C23CC4CC(CC(C4)C2=O)C3)cc1. The standard InChI is InChI=1S/C17H17NO2/c18-10-20-15-3-1-14(2-4-15)17-8-11-5-12(9-17)7-13(6-11)16(17)19/h1-4,11-13H,5-9H2. The van der Waals surface area contributed by atoms with Crippen LogP contribution in [-0.2, 0) is 10.2 Å². The molecule has 5 rings (SSSR count). The van der Waals surface area contributed by atoms with E-state index in [0.29, 0.717) is 17.5 Å². The van der Waals surface area contributed by atoms with Crippen molar-refractivity contribution in [1.29, 1.82) is 5.26 Å². The van der Waals surface area contributed by atoms with Crippen molar-refractivity contribution in [2.75, 3.05) is 0 Å². The molecule has 2 unspecified atom stereocenters. The fourth-order valence-electron chi connectivity index (χ4n) is 5.05. The maximum absolute atomic E-state index is 12.8. The van der Waals surface area contributed by atoms with Crippen LogP contribution in [0.4, 0.5) is 0 Å². The summed E-state index contributed by atoms with van der Waals surface area (Å²) in [7, 11) is 0. The lowest BCUT2D eigenvalue weighted by Crippen LogP contribution is -2.55. The number of ketones is 1. The maximum atomic E-state index is 12.8. The molecule has 0 amide bonds. The quantitative estimate of drug-likeness (QED) is 0.773. The van der Waals surface area contributed by atoms with Gasteiger partial charge >= 0.3 is 0 Å². The minimum absolute atomic E-state index is 0.236. The van der Waals surface area contributed by atoms with E-state index in [1.54, 1.807) is 6.26 Å².